The van der Waals surface area contributed by atoms with Gasteiger partial charge in [-0.25, -0.2) is 8.42 Å². The Hall–Kier alpha value is -1.64. The average molecular weight is 424 g/mol. The van der Waals surface area contributed by atoms with E-state index in [9.17, 15) is 13.2 Å². The lowest BCUT2D eigenvalue weighted by Gasteiger charge is -2.17. The van der Waals surface area contributed by atoms with Gasteiger partial charge >= 0.3 is 0 Å². The van der Waals surface area contributed by atoms with Crippen LogP contribution in [0.1, 0.15) is 44.1 Å². The standard InChI is InChI=1S/C21H33N3O4S/c1-28-20-9-8-19(29(26,27)24-15-4-5-16-24)17-18(20)7-10-21(25)22-11-6-14-23-12-2-3-13-23/h8-9,17H,2-7,10-16H2,1H3,(H,22,25). The Labute approximate surface area is 174 Å². The maximum atomic E-state index is 12.8. The molecule has 29 heavy (non-hydrogen) atoms. The number of amides is 1. The lowest BCUT2D eigenvalue weighted by atomic mass is 10.1. The predicted octanol–water partition coefficient (Wildman–Crippen LogP) is 2.01. The first-order valence-electron chi connectivity index (χ1n) is 10.7. The molecule has 0 bridgehead atoms. The summed E-state index contributed by atoms with van der Waals surface area (Å²) in [6.45, 7) is 5.20. The van der Waals surface area contributed by atoms with E-state index in [0.717, 1.165) is 31.4 Å². The molecule has 0 aliphatic carbocycles. The smallest absolute Gasteiger partial charge is 0.243 e. The fourth-order valence-electron chi connectivity index (χ4n) is 4.06. The molecule has 2 heterocycles. The SMILES string of the molecule is COc1ccc(S(=O)(=O)N2CCCC2)cc1CCC(=O)NCCCN1CCCC1. The molecule has 2 aliphatic heterocycles. The van der Waals surface area contributed by atoms with E-state index in [0.29, 0.717) is 38.2 Å². The van der Waals surface area contributed by atoms with Crippen LogP contribution in [0.15, 0.2) is 23.1 Å². The summed E-state index contributed by atoms with van der Waals surface area (Å²) in [5, 5.41) is 2.97. The third-order valence-corrected chi connectivity index (χ3v) is 7.64. The number of benzene rings is 1. The lowest BCUT2D eigenvalue weighted by Crippen LogP contribution is -2.29. The van der Waals surface area contributed by atoms with E-state index in [1.807, 2.05) is 0 Å². The molecule has 3 rings (SSSR count). The molecule has 1 aromatic rings. The van der Waals surface area contributed by atoms with Gasteiger partial charge in [-0.05, 0) is 81.9 Å². The molecule has 0 aromatic heterocycles. The largest absolute Gasteiger partial charge is 0.496 e. The second-order valence-electron chi connectivity index (χ2n) is 7.84. The molecule has 2 aliphatic rings. The van der Waals surface area contributed by atoms with Gasteiger partial charge in [-0.3, -0.25) is 4.79 Å². The van der Waals surface area contributed by atoms with Gasteiger partial charge in [-0.1, -0.05) is 0 Å². The Kier molecular flexibility index (Phi) is 7.91. The molecule has 2 fully saturated rings. The maximum Gasteiger partial charge on any atom is 0.243 e. The normalized spacial score (nSPS) is 18.2. The molecule has 0 unspecified atom stereocenters. The van der Waals surface area contributed by atoms with E-state index >= 15 is 0 Å². The van der Waals surface area contributed by atoms with E-state index in [2.05, 4.69) is 10.2 Å². The number of aryl methyl sites for hydroxylation is 1. The number of carbonyl (C=O) groups excluding carboxylic acids is 1. The molecule has 7 nitrogen and oxygen atoms in total. The van der Waals surface area contributed by atoms with Gasteiger partial charge in [-0.2, -0.15) is 4.31 Å². The number of nitrogens with zero attached hydrogens (tertiary/aromatic N) is 2. The number of rotatable bonds is 10. The molecule has 2 saturated heterocycles. The van der Waals surface area contributed by atoms with Gasteiger partial charge in [0.15, 0.2) is 0 Å². The minimum atomic E-state index is -3.48. The quantitative estimate of drug-likeness (QED) is 0.583. The molecule has 8 heteroatoms. The summed E-state index contributed by atoms with van der Waals surface area (Å²) >= 11 is 0. The summed E-state index contributed by atoms with van der Waals surface area (Å²) in [6.07, 6.45) is 6.08. The number of nitrogens with one attached hydrogen (secondary N) is 1. The minimum absolute atomic E-state index is 0.0127. The maximum absolute atomic E-state index is 12.8. The third-order valence-electron chi connectivity index (χ3n) is 5.75. The number of likely N-dealkylation sites (tertiary alicyclic amines) is 1. The van der Waals surface area contributed by atoms with Crippen LogP contribution in [-0.2, 0) is 21.2 Å². The average Bonchev–Trinajstić information content (AvgIpc) is 3.43. The Morgan fingerprint density at radius 1 is 1.10 bits per heavy atom. The van der Waals surface area contributed by atoms with Crippen LogP contribution in [0.25, 0.3) is 0 Å². The van der Waals surface area contributed by atoms with Crippen LogP contribution < -0.4 is 10.1 Å². The van der Waals surface area contributed by atoms with Crippen molar-refractivity contribution in [3.63, 3.8) is 0 Å². The lowest BCUT2D eigenvalue weighted by molar-refractivity contribution is -0.121. The molecule has 0 radical (unpaired) electrons. The summed E-state index contributed by atoms with van der Waals surface area (Å²) in [4.78, 5) is 14.9. The molecular weight excluding hydrogens is 390 g/mol. The number of methoxy groups -OCH3 is 1. The monoisotopic (exact) mass is 423 g/mol. The topological polar surface area (TPSA) is 79.0 Å². The number of carbonyl (C=O) groups is 1. The first-order chi connectivity index (χ1) is 14.0. The summed E-state index contributed by atoms with van der Waals surface area (Å²) < 4.78 is 32.5. The molecule has 0 spiro atoms. The first-order valence-corrected chi connectivity index (χ1v) is 12.1. The van der Waals surface area contributed by atoms with Gasteiger partial charge in [0.05, 0.1) is 12.0 Å². The second-order valence-corrected chi connectivity index (χ2v) is 9.78. The van der Waals surface area contributed by atoms with Crippen LogP contribution in [-0.4, -0.2) is 69.9 Å². The van der Waals surface area contributed by atoms with Crippen molar-refractivity contribution in [2.45, 2.75) is 49.8 Å². The van der Waals surface area contributed by atoms with Crippen LogP contribution in [0.3, 0.4) is 0 Å². The van der Waals surface area contributed by atoms with Crippen molar-refractivity contribution in [1.29, 1.82) is 0 Å². The van der Waals surface area contributed by atoms with Gasteiger partial charge in [0.1, 0.15) is 5.75 Å². The molecular formula is C21H33N3O4S. The van der Waals surface area contributed by atoms with Crippen molar-refractivity contribution in [1.82, 2.24) is 14.5 Å². The van der Waals surface area contributed by atoms with Crippen molar-refractivity contribution in [3.8, 4) is 5.75 Å². The number of hydrogen-bond acceptors (Lipinski definition) is 5. The fraction of sp³-hybridized carbons (Fsp3) is 0.667. The van der Waals surface area contributed by atoms with Crippen LogP contribution in [0.4, 0.5) is 0 Å². The Morgan fingerprint density at radius 2 is 1.79 bits per heavy atom. The zero-order valence-electron chi connectivity index (χ0n) is 17.4. The van der Waals surface area contributed by atoms with Crippen LogP contribution in [0.5, 0.6) is 5.75 Å². The second kappa shape index (κ2) is 10.4. The minimum Gasteiger partial charge on any atom is -0.496 e. The van der Waals surface area contributed by atoms with Gasteiger partial charge in [0.2, 0.25) is 15.9 Å². The third kappa shape index (κ3) is 5.93. The molecule has 1 amide bonds. The van der Waals surface area contributed by atoms with E-state index in [4.69, 9.17) is 4.74 Å². The molecule has 0 saturated carbocycles. The highest BCUT2D eigenvalue weighted by Gasteiger charge is 2.27. The number of ether oxygens (including phenoxy) is 1. The fourth-order valence-corrected chi connectivity index (χ4v) is 5.63. The van der Waals surface area contributed by atoms with E-state index < -0.39 is 10.0 Å². The van der Waals surface area contributed by atoms with Gasteiger partial charge < -0.3 is 15.0 Å². The number of sulfonamides is 1. The highest BCUT2D eigenvalue weighted by molar-refractivity contribution is 7.89. The van der Waals surface area contributed by atoms with Crippen molar-refractivity contribution in [3.05, 3.63) is 23.8 Å². The van der Waals surface area contributed by atoms with Gasteiger partial charge in [0, 0.05) is 26.1 Å². The molecule has 1 N–H and O–H groups in total. The number of hydrogen-bond donors (Lipinski definition) is 1. The van der Waals surface area contributed by atoms with E-state index in [1.54, 1.807) is 25.3 Å². The highest BCUT2D eigenvalue weighted by Crippen LogP contribution is 2.27. The summed E-state index contributed by atoms with van der Waals surface area (Å²) in [5.41, 5.74) is 0.750. The van der Waals surface area contributed by atoms with Gasteiger partial charge in [0.25, 0.3) is 0 Å². The molecule has 1 aromatic carbocycles. The first kappa shape index (κ1) is 22.1. The zero-order valence-corrected chi connectivity index (χ0v) is 18.2. The van der Waals surface area contributed by atoms with Gasteiger partial charge in [-0.15, -0.1) is 0 Å². The van der Waals surface area contributed by atoms with Crippen molar-refractivity contribution < 1.29 is 17.9 Å². The summed E-state index contributed by atoms with van der Waals surface area (Å²) in [6, 6.07) is 4.94. The Morgan fingerprint density at radius 3 is 2.48 bits per heavy atom. The van der Waals surface area contributed by atoms with Crippen LogP contribution in [0.2, 0.25) is 0 Å². The Bertz CT molecular complexity index is 785. The highest BCUT2D eigenvalue weighted by atomic mass is 32.2. The molecule has 162 valence electrons. The van der Waals surface area contributed by atoms with E-state index in [-0.39, 0.29) is 10.8 Å². The predicted molar refractivity (Wildman–Crippen MR) is 113 cm³/mol. The van der Waals surface area contributed by atoms with E-state index in [1.165, 1.54) is 30.2 Å². The van der Waals surface area contributed by atoms with Crippen LogP contribution >= 0.6 is 0 Å². The van der Waals surface area contributed by atoms with Crippen molar-refractivity contribution in [2.24, 2.45) is 0 Å². The molecule has 0 atom stereocenters. The van der Waals surface area contributed by atoms with Crippen LogP contribution in [0, 0.1) is 0 Å². The Balaban J connectivity index is 1.52. The summed E-state index contributed by atoms with van der Waals surface area (Å²) in [7, 11) is -1.92. The summed E-state index contributed by atoms with van der Waals surface area (Å²) in [5.74, 6) is 0.605. The zero-order chi connectivity index (χ0) is 20.7. The van der Waals surface area contributed by atoms with Crippen molar-refractivity contribution >= 4 is 15.9 Å². The van der Waals surface area contributed by atoms with Crippen molar-refractivity contribution in [2.75, 3.05) is 46.4 Å².